The van der Waals surface area contributed by atoms with Crippen molar-refractivity contribution in [1.29, 1.82) is 0 Å². The Kier molecular flexibility index (Phi) is 13.6. The number of nitrogens with one attached hydrogen (secondary N) is 1. The van der Waals surface area contributed by atoms with Crippen LogP contribution in [0.2, 0.25) is 0 Å². The average molecular weight is 579 g/mol. The molecule has 1 N–H and O–H groups in total. The Labute approximate surface area is 252 Å². The predicted octanol–water partition coefficient (Wildman–Crippen LogP) is 5.41. The van der Waals surface area contributed by atoms with Crippen molar-refractivity contribution in [2.45, 2.75) is 58.4 Å². The first-order valence-electron chi connectivity index (χ1n) is 15.6. The van der Waals surface area contributed by atoms with Gasteiger partial charge < -0.3 is 24.9 Å². The number of carbonyl (C=O) groups excluding carboxylic acids is 3. The number of carbonyl (C=O) groups is 3. The van der Waals surface area contributed by atoms with E-state index in [0.717, 1.165) is 49.9 Å². The number of piperazine rings is 1. The van der Waals surface area contributed by atoms with E-state index in [1.54, 1.807) is 26.6 Å². The van der Waals surface area contributed by atoms with Gasteiger partial charge in [0, 0.05) is 46.3 Å². The maximum atomic E-state index is 14.4. The maximum absolute atomic E-state index is 14.4. The number of nitrogens with zero attached hydrogens (tertiary/aromatic N) is 5. The fraction of sp³-hybridized carbons (Fsp3) is 0.545. The highest BCUT2D eigenvalue weighted by Gasteiger charge is 2.41. The molecule has 5 amide bonds. The zero-order chi connectivity index (χ0) is 30.3. The van der Waals surface area contributed by atoms with Gasteiger partial charge in [-0.1, -0.05) is 75.9 Å². The van der Waals surface area contributed by atoms with Gasteiger partial charge in [0.05, 0.1) is 17.9 Å². The van der Waals surface area contributed by atoms with Crippen molar-refractivity contribution in [3.05, 3.63) is 60.7 Å². The monoisotopic (exact) mass is 578 g/mol. The average Bonchev–Trinajstić information content (AvgIpc) is 3.03. The quantitative estimate of drug-likeness (QED) is 0.304. The van der Waals surface area contributed by atoms with Gasteiger partial charge in [-0.05, 0) is 44.2 Å². The highest BCUT2D eigenvalue weighted by Crippen LogP contribution is 2.28. The van der Waals surface area contributed by atoms with Gasteiger partial charge in [0.2, 0.25) is 5.91 Å². The maximum Gasteiger partial charge on any atom is 0.329 e. The highest BCUT2D eigenvalue weighted by molar-refractivity contribution is 6.01. The minimum absolute atomic E-state index is 0.0343. The molecule has 1 fully saturated rings. The molecule has 1 saturated heterocycles. The normalized spacial score (nSPS) is 14.9. The van der Waals surface area contributed by atoms with Gasteiger partial charge in [-0.15, -0.1) is 0 Å². The van der Waals surface area contributed by atoms with Crippen LogP contribution in [0.5, 0.6) is 0 Å². The summed E-state index contributed by atoms with van der Waals surface area (Å²) in [5.74, 6) is -0.166. The fourth-order valence-electron chi connectivity index (χ4n) is 5.30. The number of amides is 5. The number of urea groups is 2. The molecule has 0 radical (unpaired) electrons. The van der Waals surface area contributed by atoms with E-state index in [0.29, 0.717) is 32.7 Å². The zero-order valence-electron chi connectivity index (χ0n) is 26.0. The van der Waals surface area contributed by atoms with E-state index >= 15 is 0 Å². The highest BCUT2D eigenvalue weighted by atomic mass is 16.2. The Morgan fingerprint density at radius 2 is 1.33 bits per heavy atom. The summed E-state index contributed by atoms with van der Waals surface area (Å²) in [6.45, 7) is 7.71. The number of hydrogen-bond donors (Lipinski definition) is 1. The number of benzene rings is 2. The van der Waals surface area contributed by atoms with Gasteiger partial charge in [0.1, 0.15) is 6.04 Å². The molecule has 0 unspecified atom stereocenters. The molecule has 2 aromatic rings. The van der Waals surface area contributed by atoms with Crippen molar-refractivity contribution in [3.63, 3.8) is 0 Å². The lowest BCUT2D eigenvalue weighted by Crippen LogP contribution is -2.64. The molecule has 0 aliphatic carbocycles. The van der Waals surface area contributed by atoms with Crippen LogP contribution in [0.1, 0.15) is 52.4 Å². The van der Waals surface area contributed by atoms with E-state index in [1.807, 2.05) is 72.6 Å². The number of rotatable bonds is 14. The van der Waals surface area contributed by atoms with Crippen molar-refractivity contribution >= 4 is 29.3 Å². The predicted molar refractivity (Wildman–Crippen MR) is 170 cm³/mol. The molecule has 1 atom stereocenters. The molecule has 1 aliphatic rings. The SMILES string of the molecule is CCCCCN(CCCCC)C(=O)N1CCN(C(=O)N(c2ccccc2)c2ccccc2)[C@H](C(=O)N(C)CCNC)C1. The van der Waals surface area contributed by atoms with Crippen LogP contribution in [0, 0.1) is 0 Å². The third-order valence-corrected chi connectivity index (χ3v) is 7.81. The van der Waals surface area contributed by atoms with E-state index in [-0.39, 0.29) is 31.1 Å². The van der Waals surface area contributed by atoms with E-state index in [2.05, 4.69) is 19.2 Å². The van der Waals surface area contributed by atoms with E-state index < -0.39 is 6.04 Å². The van der Waals surface area contributed by atoms with Crippen LogP contribution in [0.3, 0.4) is 0 Å². The molecule has 0 saturated carbocycles. The van der Waals surface area contributed by atoms with Crippen molar-refractivity contribution in [2.75, 3.05) is 64.8 Å². The largest absolute Gasteiger partial charge is 0.343 e. The number of para-hydroxylation sites is 2. The smallest absolute Gasteiger partial charge is 0.329 e. The minimum Gasteiger partial charge on any atom is -0.343 e. The van der Waals surface area contributed by atoms with Crippen LogP contribution >= 0.6 is 0 Å². The third kappa shape index (κ3) is 8.95. The first-order valence-corrected chi connectivity index (χ1v) is 15.6. The molecule has 2 aromatic carbocycles. The van der Waals surface area contributed by atoms with Crippen LogP contribution in [0.15, 0.2) is 60.7 Å². The topological polar surface area (TPSA) is 79.4 Å². The van der Waals surface area contributed by atoms with Crippen molar-refractivity contribution in [2.24, 2.45) is 0 Å². The van der Waals surface area contributed by atoms with Crippen molar-refractivity contribution in [1.82, 2.24) is 24.9 Å². The van der Waals surface area contributed by atoms with Crippen LogP contribution in [-0.2, 0) is 4.79 Å². The van der Waals surface area contributed by atoms with Crippen molar-refractivity contribution < 1.29 is 14.4 Å². The Bertz CT molecular complexity index is 1050. The second-order valence-corrected chi connectivity index (χ2v) is 11.0. The summed E-state index contributed by atoms with van der Waals surface area (Å²) in [6.07, 6.45) is 6.26. The van der Waals surface area contributed by atoms with Gasteiger partial charge in [0.25, 0.3) is 0 Å². The lowest BCUT2D eigenvalue weighted by Gasteiger charge is -2.44. The summed E-state index contributed by atoms with van der Waals surface area (Å²) in [4.78, 5) is 50.8. The summed E-state index contributed by atoms with van der Waals surface area (Å²) >= 11 is 0. The van der Waals surface area contributed by atoms with E-state index in [9.17, 15) is 14.4 Å². The number of unbranched alkanes of at least 4 members (excludes halogenated alkanes) is 4. The summed E-state index contributed by atoms with van der Waals surface area (Å²) < 4.78 is 0. The molecule has 230 valence electrons. The molecule has 1 heterocycles. The number of anilines is 2. The zero-order valence-corrected chi connectivity index (χ0v) is 26.0. The summed E-state index contributed by atoms with van der Waals surface area (Å²) in [5.41, 5.74) is 1.44. The molecule has 42 heavy (non-hydrogen) atoms. The van der Waals surface area contributed by atoms with Gasteiger partial charge in [-0.25, -0.2) is 9.59 Å². The summed E-state index contributed by atoms with van der Waals surface area (Å²) in [6, 6.07) is 17.9. The molecule has 3 rings (SSSR count). The minimum atomic E-state index is -0.792. The van der Waals surface area contributed by atoms with Gasteiger partial charge >= 0.3 is 12.1 Å². The van der Waals surface area contributed by atoms with E-state index in [4.69, 9.17) is 0 Å². The summed E-state index contributed by atoms with van der Waals surface area (Å²) in [5, 5.41) is 3.09. The van der Waals surface area contributed by atoms with Gasteiger partial charge in [-0.2, -0.15) is 0 Å². The molecule has 0 spiro atoms. The molecule has 9 nitrogen and oxygen atoms in total. The first-order chi connectivity index (χ1) is 20.4. The van der Waals surface area contributed by atoms with Gasteiger partial charge in [0.15, 0.2) is 0 Å². The molecular formula is C33H50N6O3. The van der Waals surface area contributed by atoms with Gasteiger partial charge in [-0.3, -0.25) is 9.69 Å². The molecule has 0 bridgehead atoms. The molecule has 1 aliphatic heterocycles. The standard InChI is InChI=1S/C33H50N6O3/c1-5-7-15-22-36(23-16-8-6-2)32(41)37-25-26-38(30(27-37)31(40)35(4)24-21-34-3)33(42)39(28-17-11-9-12-18-28)29-19-13-10-14-20-29/h9-14,17-20,30,34H,5-8,15-16,21-27H2,1-4H3/t30-/m0/s1. The Balaban J connectivity index is 1.91. The number of hydrogen-bond acceptors (Lipinski definition) is 4. The van der Waals surface area contributed by atoms with Crippen LogP contribution < -0.4 is 10.2 Å². The van der Waals surface area contributed by atoms with Crippen LogP contribution in [-0.4, -0.2) is 104 Å². The number of likely N-dealkylation sites (N-methyl/N-ethyl adjacent to an activating group) is 2. The molecule has 0 aromatic heterocycles. The second-order valence-electron chi connectivity index (χ2n) is 11.0. The third-order valence-electron chi connectivity index (χ3n) is 7.81. The van der Waals surface area contributed by atoms with Crippen LogP contribution in [0.25, 0.3) is 0 Å². The Morgan fingerprint density at radius 1 is 0.786 bits per heavy atom. The lowest BCUT2D eigenvalue weighted by atomic mass is 10.1. The lowest BCUT2D eigenvalue weighted by molar-refractivity contribution is -0.136. The molecule has 9 heteroatoms. The summed E-state index contributed by atoms with van der Waals surface area (Å²) in [7, 11) is 3.61. The van der Waals surface area contributed by atoms with Crippen molar-refractivity contribution in [3.8, 4) is 0 Å². The first kappa shape index (κ1) is 32.9. The second kappa shape index (κ2) is 17.4. The fourth-order valence-corrected chi connectivity index (χ4v) is 5.30. The Morgan fingerprint density at radius 3 is 1.83 bits per heavy atom. The van der Waals surface area contributed by atoms with E-state index in [1.165, 1.54) is 0 Å². The van der Waals surface area contributed by atoms with Crippen LogP contribution in [0.4, 0.5) is 21.0 Å². The molecular weight excluding hydrogens is 528 g/mol. The Hall–Kier alpha value is -3.59.